The Kier molecular flexibility index (Phi) is 2.57. The minimum absolute atomic E-state index is 0.138. The molecule has 0 aromatic heterocycles. The monoisotopic (exact) mass is 190 g/mol. The Bertz CT molecular complexity index is 292. The Morgan fingerprint density at radius 2 is 1.86 bits per heavy atom. The van der Waals surface area contributed by atoms with E-state index in [1.54, 1.807) is 0 Å². The van der Waals surface area contributed by atoms with Crippen LogP contribution in [-0.4, -0.2) is 18.6 Å². The zero-order valence-electron chi connectivity index (χ0n) is 8.88. The second-order valence-corrected chi connectivity index (χ2v) is 4.45. The number of benzene rings is 1. The van der Waals surface area contributed by atoms with Gasteiger partial charge in [-0.15, -0.1) is 0 Å². The summed E-state index contributed by atoms with van der Waals surface area (Å²) in [5, 5.41) is 7.11. The Hall–Kier alpha value is -0.860. The highest BCUT2D eigenvalue weighted by atomic mass is 15.1. The zero-order valence-corrected chi connectivity index (χ0v) is 8.88. The van der Waals surface area contributed by atoms with Gasteiger partial charge in [-0.3, -0.25) is 0 Å². The van der Waals surface area contributed by atoms with Gasteiger partial charge in [-0.1, -0.05) is 30.3 Å². The first-order valence-electron chi connectivity index (χ1n) is 5.23. The van der Waals surface area contributed by atoms with Gasteiger partial charge in [0.25, 0.3) is 0 Å². The first kappa shape index (κ1) is 9.69. The lowest BCUT2D eigenvalue weighted by molar-refractivity contribution is 0.239. The molecule has 1 fully saturated rings. The molecule has 1 aromatic carbocycles. The SMILES string of the molecule is CC1(C)NCCNC1c1ccccc1. The van der Waals surface area contributed by atoms with E-state index in [0.717, 1.165) is 13.1 Å². The van der Waals surface area contributed by atoms with Crippen LogP contribution in [-0.2, 0) is 0 Å². The molecule has 1 aliphatic rings. The lowest BCUT2D eigenvalue weighted by Crippen LogP contribution is -2.57. The minimum Gasteiger partial charge on any atom is -0.309 e. The van der Waals surface area contributed by atoms with Crippen molar-refractivity contribution in [3.05, 3.63) is 35.9 Å². The Morgan fingerprint density at radius 1 is 1.14 bits per heavy atom. The minimum atomic E-state index is 0.138. The highest BCUT2D eigenvalue weighted by molar-refractivity contribution is 5.23. The van der Waals surface area contributed by atoms with Crippen LogP contribution in [0.5, 0.6) is 0 Å². The molecule has 0 saturated carbocycles. The average Bonchev–Trinajstić information content (AvgIpc) is 2.18. The molecular formula is C12H18N2. The van der Waals surface area contributed by atoms with E-state index in [4.69, 9.17) is 0 Å². The van der Waals surface area contributed by atoms with Crippen molar-refractivity contribution in [3.63, 3.8) is 0 Å². The fraction of sp³-hybridized carbons (Fsp3) is 0.500. The van der Waals surface area contributed by atoms with Gasteiger partial charge >= 0.3 is 0 Å². The first-order valence-corrected chi connectivity index (χ1v) is 5.23. The van der Waals surface area contributed by atoms with Gasteiger partial charge in [-0.05, 0) is 19.4 Å². The second kappa shape index (κ2) is 3.71. The van der Waals surface area contributed by atoms with Crippen LogP contribution in [0, 0.1) is 0 Å². The maximum Gasteiger partial charge on any atom is 0.0500 e. The molecule has 2 heteroatoms. The number of hydrogen-bond donors (Lipinski definition) is 2. The number of hydrogen-bond acceptors (Lipinski definition) is 2. The van der Waals surface area contributed by atoms with Crippen LogP contribution in [0.1, 0.15) is 25.5 Å². The van der Waals surface area contributed by atoms with E-state index < -0.39 is 0 Å². The molecule has 2 N–H and O–H groups in total. The summed E-state index contributed by atoms with van der Waals surface area (Å²) in [5.41, 5.74) is 1.50. The fourth-order valence-electron chi connectivity index (χ4n) is 2.14. The zero-order chi connectivity index (χ0) is 10.0. The van der Waals surface area contributed by atoms with E-state index in [9.17, 15) is 0 Å². The second-order valence-electron chi connectivity index (χ2n) is 4.45. The summed E-state index contributed by atoms with van der Waals surface area (Å²) in [4.78, 5) is 0. The largest absolute Gasteiger partial charge is 0.309 e. The molecule has 1 aromatic rings. The summed E-state index contributed by atoms with van der Waals surface area (Å²) in [6.45, 7) is 6.59. The Morgan fingerprint density at radius 3 is 2.50 bits per heavy atom. The third-order valence-corrected chi connectivity index (χ3v) is 2.91. The maximum atomic E-state index is 3.56. The highest BCUT2D eigenvalue weighted by Gasteiger charge is 2.32. The number of rotatable bonds is 1. The van der Waals surface area contributed by atoms with E-state index >= 15 is 0 Å². The van der Waals surface area contributed by atoms with Gasteiger partial charge in [-0.25, -0.2) is 0 Å². The lowest BCUT2D eigenvalue weighted by atomic mass is 9.87. The van der Waals surface area contributed by atoms with E-state index in [1.807, 2.05) is 0 Å². The van der Waals surface area contributed by atoms with Crippen molar-refractivity contribution in [1.82, 2.24) is 10.6 Å². The molecule has 14 heavy (non-hydrogen) atoms. The van der Waals surface area contributed by atoms with Crippen LogP contribution in [0.25, 0.3) is 0 Å². The summed E-state index contributed by atoms with van der Waals surface area (Å²) in [6.07, 6.45) is 0. The van der Waals surface area contributed by atoms with Crippen LogP contribution >= 0.6 is 0 Å². The van der Waals surface area contributed by atoms with Gasteiger partial charge in [0, 0.05) is 24.7 Å². The normalized spacial score (nSPS) is 26.0. The van der Waals surface area contributed by atoms with Crippen molar-refractivity contribution in [2.24, 2.45) is 0 Å². The molecule has 2 nitrogen and oxygen atoms in total. The fourth-order valence-corrected chi connectivity index (χ4v) is 2.14. The van der Waals surface area contributed by atoms with E-state index in [2.05, 4.69) is 54.8 Å². The molecule has 1 unspecified atom stereocenters. The molecule has 0 radical (unpaired) electrons. The van der Waals surface area contributed by atoms with Gasteiger partial charge in [0.05, 0.1) is 0 Å². The molecule has 1 atom stereocenters. The highest BCUT2D eigenvalue weighted by Crippen LogP contribution is 2.26. The van der Waals surface area contributed by atoms with Gasteiger partial charge in [0.1, 0.15) is 0 Å². The van der Waals surface area contributed by atoms with Crippen LogP contribution in [0.4, 0.5) is 0 Å². The molecule has 76 valence electrons. The first-order chi connectivity index (χ1) is 6.70. The van der Waals surface area contributed by atoms with Crippen molar-refractivity contribution in [3.8, 4) is 0 Å². The quantitative estimate of drug-likeness (QED) is 0.704. The molecule has 1 aliphatic heterocycles. The van der Waals surface area contributed by atoms with Crippen LogP contribution in [0.2, 0.25) is 0 Å². The summed E-state index contributed by atoms with van der Waals surface area (Å²) in [6, 6.07) is 11.0. The maximum absolute atomic E-state index is 3.56. The summed E-state index contributed by atoms with van der Waals surface area (Å²) < 4.78 is 0. The molecule has 0 spiro atoms. The molecule has 0 amide bonds. The molecule has 2 rings (SSSR count). The summed E-state index contributed by atoms with van der Waals surface area (Å²) in [5.74, 6) is 0. The average molecular weight is 190 g/mol. The molecule has 1 saturated heterocycles. The van der Waals surface area contributed by atoms with Crippen molar-refractivity contribution in [2.45, 2.75) is 25.4 Å². The van der Waals surface area contributed by atoms with Crippen molar-refractivity contribution < 1.29 is 0 Å². The molecule has 0 aliphatic carbocycles. The van der Waals surface area contributed by atoms with E-state index in [1.165, 1.54) is 5.56 Å². The van der Waals surface area contributed by atoms with Gasteiger partial charge in [0.2, 0.25) is 0 Å². The van der Waals surface area contributed by atoms with Crippen LogP contribution in [0.3, 0.4) is 0 Å². The molecular weight excluding hydrogens is 172 g/mol. The summed E-state index contributed by atoms with van der Waals surface area (Å²) in [7, 11) is 0. The standard InChI is InChI=1S/C12H18N2/c1-12(2)11(13-8-9-14-12)10-6-4-3-5-7-10/h3-7,11,13-14H,8-9H2,1-2H3. The number of nitrogens with one attached hydrogen (secondary N) is 2. The van der Waals surface area contributed by atoms with Crippen molar-refractivity contribution >= 4 is 0 Å². The molecule has 1 heterocycles. The van der Waals surface area contributed by atoms with E-state index in [-0.39, 0.29) is 5.54 Å². The number of piperazine rings is 1. The Labute approximate surface area is 85.7 Å². The predicted octanol–water partition coefficient (Wildman–Crippen LogP) is 1.70. The van der Waals surface area contributed by atoms with Gasteiger partial charge in [-0.2, -0.15) is 0 Å². The molecule has 0 bridgehead atoms. The summed E-state index contributed by atoms with van der Waals surface area (Å²) >= 11 is 0. The van der Waals surface area contributed by atoms with Crippen molar-refractivity contribution in [2.75, 3.05) is 13.1 Å². The topological polar surface area (TPSA) is 24.1 Å². The van der Waals surface area contributed by atoms with Crippen LogP contribution in [0.15, 0.2) is 30.3 Å². The predicted molar refractivity (Wildman–Crippen MR) is 59.3 cm³/mol. The smallest absolute Gasteiger partial charge is 0.0500 e. The Balaban J connectivity index is 2.24. The third kappa shape index (κ3) is 1.81. The van der Waals surface area contributed by atoms with Crippen LogP contribution < -0.4 is 10.6 Å². The van der Waals surface area contributed by atoms with E-state index in [0.29, 0.717) is 6.04 Å². The van der Waals surface area contributed by atoms with Crippen molar-refractivity contribution in [1.29, 1.82) is 0 Å². The van der Waals surface area contributed by atoms with Gasteiger partial charge < -0.3 is 10.6 Å². The lowest BCUT2D eigenvalue weighted by Gasteiger charge is -2.40. The third-order valence-electron chi connectivity index (χ3n) is 2.91. The van der Waals surface area contributed by atoms with Gasteiger partial charge in [0.15, 0.2) is 0 Å².